The highest BCUT2D eigenvalue weighted by atomic mass is 17.1. The van der Waals surface area contributed by atoms with E-state index in [1.165, 1.54) is 18.2 Å². The quantitative estimate of drug-likeness (QED) is 0.459. The molecule has 0 bridgehead atoms. The molecule has 1 aromatic rings. The Labute approximate surface area is 67.4 Å². The third-order valence-electron chi connectivity index (χ3n) is 1.22. The summed E-state index contributed by atoms with van der Waals surface area (Å²) in [4.78, 5) is 3.25. The maximum absolute atomic E-state index is 7.07. The maximum atomic E-state index is 7.07. The molecule has 1 N–H and O–H groups in total. The summed E-state index contributed by atoms with van der Waals surface area (Å²) in [6.07, 6.45) is 0. The minimum absolute atomic E-state index is 1.18. The molecule has 0 radical (unpaired) electrons. The normalized spacial score (nSPS) is 8.36. The van der Waals surface area contributed by atoms with E-state index in [9.17, 15) is 0 Å². The van der Waals surface area contributed by atoms with Crippen LogP contribution < -0.4 is 0 Å². The average Bonchev–Trinajstić information content (AvgIpc) is 1.97. The highest BCUT2D eigenvalue weighted by molar-refractivity contribution is 5.19. The van der Waals surface area contributed by atoms with Crippen molar-refractivity contribution in [3.8, 4) is 0 Å². The van der Waals surface area contributed by atoms with Gasteiger partial charge in [-0.3, -0.25) is 5.26 Å². The van der Waals surface area contributed by atoms with Gasteiger partial charge in [-0.2, -0.15) is 0 Å². The molecule has 0 aliphatic carbocycles. The zero-order valence-electron chi connectivity index (χ0n) is 7.16. The summed E-state index contributed by atoms with van der Waals surface area (Å²) < 4.78 is 0. The van der Waals surface area contributed by atoms with Gasteiger partial charge in [0, 0.05) is 0 Å². The van der Waals surface area contributed by atoms with E-state index in [0.29, 0.717) is 0 Å². The average molecular weight is 154 g/mol. The largest absolute Gasteiger partial charge is 0.252 e. The molecule has 0 aliphatic rings. The molecule has 0 aromatic heterocycles. The van der Waals surface area contributed by atoms with E-state index < -0.39 is 0 Å². The van der Waals surface area contributed by atoms with Crippen molar-refractivity contribution in [3.63, 3.8) is 0 Å². The Morgan fingerprint density at radius 3 is 1.36 bits per heavy atom. The fraction of sp³-hybridized carbons (Fsp3) is 0.333. The van der Waals surface area contributed by atoms with Crippen LogP contribution in [-0.4, -0.2) is 12.4 Å². The van der Waals surface area contributed by atoms with Gasteiger partial charge < -0.3 is 0 Å². The molecule has 2 heteroatoms. The van der Waals surface area contributed by atoms with Gasteiger partial charge in [0.15, 0.2) is 0 Å². The molecular formula is C9H14O2. The van der Waals surface area contributed by atoms with Crippen LogP contribution >= 0.6 is 0 Å². The number of benzene rings is 1. The molecule has 11 heavy (non-hydrogen) atoms. The minimum atomic E-state index is 1.18. The predicted octanol–water partition coefficient (Wildman–Crippen LogP) is 2.41. The number of hydrogen-bond acceptors (Lipinski definition) is 2. The molecule has 0 unspecified atom stereocenters. The maximum Gasteiger partial charge on any atom is 0.0710 e. The molecule has 2 nitrogen and oxygen atoms in total. The van der Waals surface area contributed by atoms with Crippen LogP contribution in [0, 0.1) is 13.8 Å². The van der Waals surface area contributed by atoms with E-state index >= 15 is 0 Å². The Hall–Kier alpha value is -0.860. The van der Waals surface area contributed by atoms with Gasteiger partial charge in [-0.15, -0.1) is 0 Å². The Morgan fingerprint density at radius 1 is 1.00 bits per heavy atom. The van der Waals surface area contributed by atoms with Crippen molar-refractivity contribution < 1.29 is 10.1 Å². The molecule has 62 valence electrons. The van der Waals surface area contributed by atoms with Crippen molar-refractivity contribution in [1.82, 2.24) is 0 Å². The lowest BCUT2D eigenvalue weighted by atomic mass is 10.2. The van der Waals surface area contributed by atoms with Gasteiger partial charge in [0.1, 0.15) is 0 Å². The fourth-order valence-corrected chi connectivity index (χ4v) is 0.637. The summed E-state index contributed by atoms with van der Waals surface area (Å²) in [5.41, 5.74) is 2.66. The zero-order valence-corrected chi connectivity index (χ0v) is 7.16. The Balaban J connectivity index is 0.000000292. The Bertz CT molecular complexity index is 158. The summed E-state index contributed by atoms with van der Waals surface area (Å²) in [6, 6.07) is 8.48. The second-order valence-electron chi connectivity index (χ2n) is 2.34. The van der Waals surface area contributed by atoms with Crippen LogP contribution in [0.15, 0.2) is 24.3 Å². The summed E-state index contributed by atoms with van der Waals surface area (Å²) in [5, 5.41) is 7.07. The van der Waals surface area contributed by atoms with E-state index in [-0.39, 0.29) is 0 Å². The van der Waals surface area contributed by atoms with E-state index in [2.05, 4.69) is 43.0 Å². The number of hydrogen-bond donors (Lipinski definition) is 1. The Morgan fingerprint density at radius 2 is 1.18 bits per heavy atom. The van der Waals surface area contributed by atoms with Gasteiger partial charge in [0.2, 0.25) is 0 Å². The SMILES string of the molecule is COO.Cc1ccc(C)cc1. The van der Waals surface area contributed by atoms with E-state index in [1.54, 1.807) is 0 Å². The molecule has 0 spiro atoms. The standard InChI is InChI=1S/C8H10.CH4O2/c1-7-3-5-8(2)6-4-7;1-3-2/h3-6H,1-2H3;2H,1H3. The predicted molar refractivity (Wildman–Crippen MR) is 45.6 cm³/mol. The Kier molecular flexibility index (Phi) is 5.43. The van der Waals surface area contributed by atoms with Gasteiger partial charge in [0.05, 0.1) is 7.11 Å². The van der Waals surface area contributed by atoms with Crippen LogP contribution in [0.2, 0.25) is 0 Å². The summed E-state index contributed by atoms with van der Waals surface area (Å²) in [5.74, 6) is 0. The number of rotatable bonds is 0. The summed E-state index contributed by atoms with van der Waals surface area (Å²) in [7, 11) is 1.18. The molecular weight excluding hydrogens is 140 g/mol. The lowest BCUT2D eigenvalue weighted by Gasteiger charge is -1.90. The lowest BCUT2D eigenvalue weighted by molar-refractivity contribution is -0.214. The van der Waals surface area contributed by atoms with Crippen molar-refractivity contribution in [3.05, 3.63) is 35.4 Å². The van der Waals surface area contributed by atoms with Crippen molar-refractivity contribution in [2.24, 2.45) is 0 Å². The molecule has 0 heterocycles. The molecule has 0 aliphatic heterocycles. The number of aryl methyl sites for hydroxylation is 2. The van der Waals surface area contributed by atoms with Gasteiger partial charge in [-0.05, 0) is 13.8 Å². The third kappa shape index (κ3) is 5.58. The van der Waals surface area contributed by atoms with Crippen molar-refractivity contribution in [1.29, 1.82) is 0 Å². The van der Waals surface area contributed by atoms with Crippen molar-refractivity contribution in [2.75, 3.05) is 7.11 Å². The molecule has 0 saturated heterocycles. The molecule has 0 saturated carbocycles. The van der Waals surface area contributed by atoms with Gasteiger partial charge in [-0.25, -0.2) is 4.89 Å². The highest BCUT2D eigenvalue weighted by Gasteiger charge is 1.79. The lowest BCUT2D eigenvalue weighted by Crippen LogP contribution is -1.70. The molecule has 0 atom stereocenters. The van der Waals surface area contributed by atoms with E-state index in [4.69, 9.17) is 5.26 Å². The van der Waals surface area contributed by atoms with Gasteiger partial charge in [-0.1, -0.05) is 35.4 Å². The van der Waals surface area contributed by atoms with Gasteiger partial charge >= 0.3 is 0 Å². The molecule has 0 fully saturated rings. The summed E-state index contributed by atoms with van der Waals surface area (Å²) in [6.45, 7) is 4.19. The van der Waals surface area contributed by atoms with Crippen molar-refractivity contribution >= 4 is 0 Å². The first kappa shape index (κ1) is 10.1. The topological polar surface area (TPSA) is 29.5 Å². The second-order valence-corrected chi connectivity index (χ2v) is 2.34. The van der Waals surface area contributed by atoms with Crippen LogP contribution in [0.3, 0.4) is 0 Å². The molecule has 0 amide bonds. The highest BCUT2D eigenvalue weighted by Crippen LogP contribution is 1.99. The van der Waals surface area contributed by atoms with E-state index in [1.807, 2.05) is 0 Å². The zero-order chi connectivity index (χ0) is 8.69. The van der Waals surface area contributed by atoms with Crippen LogP contribution in [0.25, 0.3) is 0 Å². The first-order chi connectivity index (χ1) is 5.20. The fourth-order valence-electron chi connectivity index (χ4n) is 0.637. The van der Waals surface area contributed by atoms with Crippen LogP contribution in [0.4, 0.5) is 0 Å². The van der Waals surface area contributed by atoms with Crippen molar-refractivity contribution in [2.45, 2.75) is 13.8 Å². The monoisotopic (exact) mass is 154 g/mol. The van der Waals surface area contributed by atoms with Crippen LogP contribution in [-0.2, 0) is 4.89 Å². The first-order valence-electron chi connectivity index (χ1n) is 3.41. The first-order valence-corrected chi connectivity index (χ1v) is 3.41. The van der Waals surface area contributed by atoms with E-state index in [0.717, 1.165) is 0 Å². The van der Waals surface area contributed by atoms with Crippen LogP contribution in [0.1, 0.15) is 11.1 Å². The molecule has 1 aromatic carbocycles. The second kappa shape index (κ2) is 5.89. The van der Waals surface area contributed by atoms with Gasteiger partial charge in [0.25, 0.3) is 0 Å². The smallest absolute Gasteiger partial charge is 0.0710 e. The minimum Gasteiger partial charge on any atom is -0.252 e. The molecule has 1 rings (SSSR count). The van der Waals surface area contributed by atoms with Crippen LogP contribution in [0.5, 0.6) is 0 Å². The third-order valence-corrected chi connectivity index (χ3v) is 1.22. The summed E-state index contributed by atoms with van der Waals surface area (Å²) >= 11 is 0.